The van der Waals surface area contributed by atoms with Gasteiger partial charge in [-0.15, -0.1) is 0 Å². The first-order chi connectivity index (χ1) is 10.5. The summed E-state index contributed by atoms with van der Waals surface area (Å²) in [6.07, 6.45) is 3.14. The molecular formula is C17H23NO4. The molecule has 0 aromatic heterocycles. The van der Waals surface area contributed by atoms with Crippen LogP contribution in [-0.2, 0) is 9.53 Å². The largest absolute Gasteiger partial charge is 0.497 e. The lowest BCUT2D eigenvalue weighted by Gasteiger charge is -2.38. The zero-order chi connectivity index (χ0) is 16.1. The molecular weight excluding hydrogens is 282 g/mol. The predicted octanol–water partition coefficient (Wildman–Crippen LogP) is 2.64. The van der Waals surface area contributed by atoms with Gasteiger partial charge in [0.2, 0.25) is 0 Å². The zero-order valence-corrected chi connectivity index (χ0v) is 13.4. The third-order valence-electron chi connectivity index (χ3n) is 4.13. The van der Waals surface area contributed by atoms with Crippen molar-refractivity contribution in [3.8, 4) is 5.75 Å². The van der Waals surface area contributed by atoms with Gasteiger partial charge in [0.05, 0.1) is 12.7 Å². The molecule has 1 heterocycles. The highest BCUT2D eigenvalue weighted by Crippen LogP contribution is 2.22. The van der Waals surface area contributed by atoms with Gasteiger partial charge in [-0.05, 0) is 57.4 Å². The first-order valence-corrected chi connectivity index (χ1v) is 7.65. The van der Waals surface area contributed by atoms with E-state index in [1.165, 1.54) is 0 Å². The van der Waals surface area contributed by atoms with Gasteiger partial charge in [-0.1, -0.05) is 0 Å². The predicted molar refractivity (Wildman–Crippen MR) is 82.9 cm³/mol. The third kappa shape index (κ3) is 3.78. The number of ether oxygens (including phenoxy) is 2. The lowest BCUT2D eigenvalue weighted by Crippen LogP contribution is -2.49. The number of hydrogen-bond acceptors (Lipinski definition) is 4. The van der Waals surface area contributed by atoms with Crippen molar-refractivity contribution in [3.05, 3.63) is 29.8 Å². The van der Waals surface area contributed by atoms with E-state index < -0.39 is 5.97 Å². The van der Waals surface area contributed by atoms with Crippen molar-refractivity contribution in [3.63, 3.8) is 0 Å². The average Bonchev–Trinajstić information content (AvgIpc) is 2.52. The first-order valence-electron chi connectivity index (χ1n) is 7.65. The Labute approximate surface area is 131 Å². The van der Waals surface area contributed by atoms with Gasteiger partial charge >= 0.3 is 5.97 Å². The van der Waals surface area contributed by atoms with E-state index in [1.807, 2.05) is 18.7 Å². The summed E-state index contributed by atoms with van der Waals surface area (Å²) >= 11 is 0. The second-order valence-electron chi connectivity index (χ2n) is 5.73. The van der Waals surface area contributed by atoms with Gasteiger partial charge in [0, 0.05) is 12.1 Å². The molecule has 0 aliphatic carbocycles. The van der Waals surface area contributed by atoms with Crippen LogP contribution in [-0.4, -0.2) is 42.6 Å². The molecule has 1 fully saturated rings. The Hall–Kier alpha value is -2.04. The lowest BCUT2D eigenvalue weighted by atomic mass is 9.97. The minimum atomic E-state index is -0.492. The Balaban J connectivity index is 1.90. The van der Waals surface area contributed by atoms with Crippen LogP contribution in [0.4, 0.5) is 0 Å². The van der Waals surface area contributed by atoms with Crippen molar-refractivity contribution in [2.75, 3.05) is 13.7 Å². The maximum Gasteiger partial charge on any atom is 0.338 e. The summed E-state index contributed by atoms with van der Waals surface area (Å²) in [6, 6.07) is 7.03. The second-order valence-corrected chi connectivity index (χ2v) is 5.73. The zero-order valence-electron chi connectivity index (χ0n) is 13.4. The first kappa shape index (κ1) is 16.3. The van der Waals surface area contributed by atoms with Gasteiger partial charge in [-0.25, -0.2) is 4.79 Å². The highest BCUT2D eigenvalue weighted by atomic mass is 16.5. The molecule has 0 bridgehead atoms. The minimum Gasteiger partial charge on any atom is -0.497 e. The highest BCUT2D eigenvalue weighted by Gasteiger charge is 2.29. The van der Waals surface area contributed by atoms with Crippen LogP contribution in [0.25, 0.3) is 0 Å². The van der Waals surface area contributed by atoms with Crippen LogP contribution in [0.3, 0.4) is 0 Å². The second kappa shape index (κ2) is 7.29. The monoisotopic (exact) mass is 305 g/mol. The standard InChI is InChI=1S/C17H23NO4/c1-12-5-4-6-13(2)18(12)16(19)11-22-17(20)14-7-9-15(21-3)10-8-14/h7-10,12-13H,4-6,11H2,1-3H3/t12-,13-/m0/s1. The Kier molecular flexibility index (Phi) is 5.41. The van der Waals surface area contributed by atoms with Crippen LogP contribution in [0, 0.1) is 0 Å². The molecule has 1 aromatic rings. The van der Waals surface area contributed by atoms with Crippen molar-refractivity contribution in [2.24, 2.45) is 0 Å². The number of carbonyl (C=O) groups is 2. The average molecular weight is 305 g/mol. The van der Waals surface area contributed by atoms with Crippen LogP contribution >= 0.6 is 0 Å². The summed E-state index contributed by atoms with van der Waals surface area (Å²) in [6.45, 7) is 3.87. The molecule has 1 aliphatic rings. The number of nitrogens with zero attached hydrogens (tertiary/aromatic N) is 1. The molecule has 0 saturated carbocycles. The smallest absolute Gasteiger partial charge is 0.338 e. The van der Waals surface area contributed by atoms with E-state index in [0.717, 1.165) is 19.3 Å². The topological polar surface area (TPSA) is 55.8 Å². The summed E-state index contributed by atoms with van der Waals surface area (Å²) in [5, 5.41) is 0. The number of benzene rings is 1. The van der Waals surface area contributed by atoms with E-state index >= 15 is 0 Å². The van der Waals surface area contributed by atoms with Gasteiger partial charge in [0.15, 0.2) is 6.61 Å². The number of amides is 1. The Morgan fingerprint density at radius 3 is 2.27 bits per heavy atom. The fourth-order valence-electron chi connectivity index (χ4n) is 2.93. The quantitative estimate of drug-likeness (QED) is 0.803. The minimum absolute atomic E-state index is 0.124. The molecule has 0 spiro atoms. The third-order valence-corrected chi connectivity index (χ3v) is 4.13. The SMILES string of the molecule is COc1ccc(C(=O)OCC(=O)N2[C@@H](C)CCC[C@@H]2C)cc1. The van der Waals surface area contributed by atoms with Crippen LogP contribution < -0.4 is 4.74 Å². The molecule has 1 aliphatic heterocycles. The van der Waals surface area contributed by atoms with Gasteiger partial charge in [-0.3, -0.25) is 4.79 Å². The molecule has 22 heavy (non-hydrogen) atoms. The molecule has 1 aromatic carbocycles. The number of esters is 1. The van der Waals surface area contributed by atoms with Crippen molar-refractivity contribution >= 4 is 11.9 Å². The summed E-state index contributed by atoms with van der Waals surface area (Å²) in [7, 11) is 1.56. The number of methoxy groups -OCH3 is 1. The van der Waals surface area contributed by atoms with Crippen molar-refractivity contribution < 1.29 is 19.1 Å². The van der Waals surface area contributed by atoms with E-state index in [4.69, 9.17) is 9.47 Å². The van der Waals surface area contributed by atoms with Crippen LogP contribution in [0.5, 0.6) is 5.75 Å². The Bertz CT molecular complexity index is 516. The van der Waals surface area contributed by atoms with E-state index in [1.54, 1.807) is 31.4 Å². The van der Waals surface area contributed by atoms with E-state index in [-0.39, 0.29) is 24.6 Å². The van der Waals surface area contributed by atoms with Crippen molar-refractivity contribution in [1.82, 2.24) is 4.90 Å². The molecule has 2 atom stereocenters. The number of rotatable bonds is 4. The number of carbonyl (C=O) groups excluding carboxylic acids is 2. The van der Waals surface area contributed by atoms with E-state index in [2.05, 4.69) is 0 Å². The molecule has 5 nitrogen and oxygen atoms in total. The van der Waals surface area contributed by atoms with Crippen LogP contribution in [0.1, 0.15) is 43.5 Å². The highest BCUT2D eigenvalue weighted by molar-refractivity contribution is 5.91. The maximum absolute atomic E-state index is 12.3. The number of piperidine rings is 1. The molecule has 2 rings (SSSR count). The van der Waals surface area contributed by atoms with E-state index in [0.29, 0.717) is 11.3 Å². The summed E-state index contributed by atoms with van der Waals surface area (Å²) in [5.74, 6) is 0.0541. The van der Waals surface area contributed by atoms with Crippen molar-refractivity contribution in [2.45, 2.75) is 45.2 Å². The summed E-state index contributed by atoms with van der Waals surface area (Å²) in [4.78, 5) is 26.1. The fourth-order valence-corrected chi connectivity index (χ4v) is 2.93. The van der Waals surface area contributed by atoms with E-state index in [9.17, 15) is 9.59 Å². The van der Waals surface area contributed by atoms with Crippen molar-refractivity contribution in [1.29, 1.82) is 0 Å². The summed E-state index contributed by atoms with van der Waals surface area (Å²) < 4.78 is 10.2. The fraction of sp³-hybridized carbons (Fsp3) is 0.529. The lowest BCUT2D eigenvalue weighted by molar-refractivity contribution is -0.140. The Morgan fingerprint density at radius 1 is 1.14 bits per heavy atom. The van der Waals surface area contributed by atoms with Crippen LogP contribution in [0.15, 0.2) is 24.3 Å². The summed E-state index contributed by atoms with van der Waals surface area (Å²) in [5.41, 5.74) is 0.411. The molecule has 1 amide bonds. The molecule has 120 valence electrons. The van der Waals surface area contributed by atoms with Gasteiger partial charge in [-0.2, -0.15) is 0 Å². The van der Waals surface area contributed by atoms with Gasteiger partial charge < -0.3 is 14.4 Å². The van der Waals surface area contributed by atoms with Crippen LogP contribution in [0.2, 0.25) is 0 Å². The molecule has 0 unspecified atom stereocenters. The molecule has 0 N–H and O–H groups in total. The van der Waals surface area contributed by atoms with Gasteiger partial charge in [0.1, 0.15) is 5.75 Å². The molecule has 0 radical (unpaired) electrons. The normalized spacial score (nSPS) is 21.3. The number of likely N-dealkylation sites (tertiary alicyclic amines) is 1. The molecule has 1 saturated heterocycles. The maximum atomic E-state index is 12.3. The molecule has 5 heteroatoms. The van der Waals surface area contributed by atoms with Gasteiger partial charge in [0.25, 0.3) is 5.91 Å². The number of hydrogen-bond donors (Lipinski definition) is 0. The Morgan fingerprint density at radius 2 is 1.73 bits per heavy atom.